The maximum absolute atomic E-state index is 10.1. The fourth-order valence-electron chi connectivity index (χ4n) is 2.85. The van der Waals surface area contributed by atoms with E-state index in [-0.39, 0.29) is 6.42 Å². The zero-order valence-corrected chi connectivity index (χ0v) is 29.0. The number of hydrogen-bond acceptors (Lipinski definition) is 6. The Morgan fingerprint density at radius 2 is 0.533 bits per heavy atom. The third-order valence-corrected chi connectivity index (χ3v) is 5.25. The molecule has 0 aromatic heterocycles. The van der Waals surface area contributed by atoms with Crippen LogP contribution < -0.4 is 0 Å². The van der Waals surface area contributed by atoms with E-state index >= 15 is 0 Å². The van der Waals surface area contributed by atoms with Crippen molar-refractivity contribution >= 4 is 35.8 Å². The van der Waals surface area contributed by atoms with Gasteiger partial charge in [0, 0.05) is 39.0 Å². The monoisotopic (exact) mass is 654 g/mol. The highest BCUT2D eigenvalue weighted by Crippen LogP contribution is 2.06. The molecule has 0 aliphatic rings. The van der Waals surface area contributed by atoms with Crippen LogP contribution in [0.1, 0.15) is 176 Å². The second-order valence-corrected chi connectivity index (χ2v) is 10.1. The number of rotatable bonds is 21. The Bertz CT molecular complexity index is 675. The van der Waals surface area contributed by atoms with Gasteiger partial charge in [-0.25, -0.2) is 0 Å². The summed E-state index contributed by atoms with van der Waals surface area (Å²) < 4.78 is 0. The van der Waals surface area contributed by atoms with Crippen molar-refractivity contribution in [1.29, 1.82) is 0 Å². The highest BCUT2D eigenvalue weighted by atomic mass is 16.4. The third-order valence-electron chi connectivity index (χ3n) is 5.25. The number of carboxylic acids is 6. The van der Waals surface area contributed by atoms with E-state index in [2.05, 4.69) is 20.8 Å². The van der Waals surface area contributed by atoms with Gasteiger partial charge >= 0.3 is 29.8 Å². The number of unbranched alkanes of at least 4 members (excludes halogenated alkanes) is 12. The van der Waals surface area contributed by atoms with E-state index in [4.69, 9.17) is 35.4 Å². The Labute approximate surface area is 271 Å². The molecule has 6 N–H and O–H groups in total. The Balaban J connectivity index is -0.000000105. The minimum atomic E-state index is -0.833. The van der Waals surface area contributed by atoms with E-state index in [9.17, 15) is 24.0 Å². The summed E-state index contributed by atoms with van der Waals surface area (Å²) in [4.78, 5) is 58.0. The first-order valence-corrected chi connectivity index (χ1v) is 16.4. The van der Waals surface area contributed by atoms with Crippen LogP contribution in [0.2, 0.25) is 0 Å². The van der Waals surface area contributed by atoms with Crippen molar-refractivity contribution < 1.29 is 59.4 Å². The molecule has 0 fully saturated rings. The molecule has 0 heterocycles. The standard InChI is InChI=1S/C9H18O2.C8H16O2.C7H14O2.C4H8O2.C3H6O2.C2H4O2/c1-2-3-4-5-6-7-8-9(10)11;1-2-3-4-5-6-7-8(9)10;1-2-3-4-5-6-7(8)9;1-2-3-4(5)6;1-2-3(4)5;1-2(3)4/h2-8H2,1H3,(H,10,11);2-7H2,1H3,(H,9,10);2-6H2,1H3,(H,8,9);2-3H2,1H3,(H,5,6);2H2,1H3,(H,4,5);1H3,(H,3,4). The van der Waals surface area contributed by atoms with E-state index in [0.717, 1.165) is 58.3 Å². The fraction of sp³-hybridized carbons (Fsp3) is 0.818. The molecule has 45 heavy (non-hydrogen) atoms. The summed E-state index contributed by atoms with van der Waals surface area (Å²) in [7, 11) is 0. The van der Waals surface area contributed by atoms with Crippen LogP contribution in [0, 0.1) is 0 Å². The molecule has 0 rings (SSSR count). The predicted octanol–water partition coefficient (Wildman–Crippen LogP) is 8.74. The second kappa shape index (κ2) is 50.4. The van der Waals surface area contributed by atoms with Gasteiger partial charge in [-0.1, -0.05) is 112 Å². The van der Waals surface area contributed by atoms with E-state index in [0.29, 0.717) is 25.7 Å². The van der Waals surface area contributed by atoms with Gasteiger partial charge in [0.2, 0.25) is 0 Å². The molecule has 0 saturated heterocycles. The number of hydrogen-bond donors (Lipinski definition) is 6. The maximum atomic E-state index is 10.1. The molecular formula is C33H66O12. The molecule has 0 amide bonds. The quantitative estimate of drug-likeness (QED) is 0.0639. The Hall–Kier alpha value is -3.18. The van der Waals surface area contributed by atoms with Crippen LogP contribution in [0.3, 0.4) is 0 Å². The lowest BCUT2D eigenvalue weighted by molar-refractivity contribution is -0.138. The fourth-order valence-corrected chi connectivity index (χ4v) is 2.85. The first kappa shape index (κ1) is 54.3. The van der Waals surface area contributed by atoms with Gasteiger partial charge in [-0.3, -0.25) is 28.8 Å². The van der Waals surface area contributed by atoms with Crippen molar-refractivity contribution in [2.75, 3.05) is 0 Å². The van der Waals surface area contributed by atoms with Crippen LogP contribution >= 0.6 is 0 Å². The van der Waals surface area contributed by atoms with E-state index in [1.807, 2.05) is 6.92 Å². The average Bonchev–Trinajstić information content (AvgIpc) is 2.93. The van der Waals surface area contributed by atoms with Crippen LogP contribution in [0.5, 0.6) is 0 Å². The van der Waals surface area contributed by atoms with Gasteiger partial charge in [0.25, 0.3) is 5.97 Å². The lowest BCUT2D eigenvalue weighted by Gasteiger charge is -1.97. The average molecular weight is 655 g/mol. The molecule has 0 saturated carbocycles. The largest absolute Gasteiger partial charge is 0.481 e. The number of carboxylic acid groups (broad SMARTS) is 6. The van der Waals surface area contributed by atoms with Crippen LogP contribution in [0.25, 0.3) is 0 Å². The van der Waals surface area contributed by atoms with Crippen molar-refractivity contribution in [2.24, 2.45) is 0 Å². The lowest BCUT2D eigenvalue weighted by Crippen LogP contribution is -1.93. The number of carbonyl (C=O) groups is 6. The van der Waals surface area contributed by atoms with Crippen molar-refractivity contribution in [3.63, 3.8) is 0 Å². The van der Waals surface area contributed by atoms with Crippen molar-refractivity contribution in [2.45, 2.75) is 176 Å². The summed E-state index contributed by atoms with van der Waals surface area (Å²) in [6.45, 7) is 11.0. The summed E-state index contributed by atoms with van der Waals surface area (Å²) >= 11 is 0. The SMILES string of the molecule is CC(=O)O.CCC(=O)O.CCCC(=O)O.CCCCCCC(=O)O.CCCCCCCC(=O)O.CCCCCCCCC(=O)O. The molecule has 0 bridgehead atoms. The van der Waals surface area contributed by atoms with Gasteiger partial charge < -0.3 is 30.6 Å². The van der Waals surface area contributed by atoms with Crippen LogP contribution in [-0.4, -0.2) is 66.5 Å². The summed E-state index contributed by atoms with van der Waals surface area (Å²) in [5, 5.41) is 47.9. The van der Waals surface area contributed by atoms with Crippen molar-refractivity contribution in [3.05, 3.63) is 0 Å². The van der Waals surface area contributed by atoms with Crippen LogP contribution in [0.4, 0.5) is 0 Å². The topological polar surface area (TPSA) is 224 Å². The molecule has 12 nitrogen and oxygen atoms in total. The number of aliphatic carboxylic acids is 6. The molecule has 0 spiro atoms. The van der Waals surface area contributed by atoms with Crippen molar-refractivity contribution in [1.82, 2.24) is 0 Å². The second-order valence-electron chi connectivity index (χ2n) is 10.1. The zero-order valence-electron chi connectivity index (χ0n) is 29.0. The Morgan fingerprint density at radius 3 is 0.689 bits per heavy atom. The molecule has 270 valence electrons. The molecule has 0 aliphatic carbocycles. The zero-order chi connectivity index (χ0) is 36.3. The molecule has 0 unspecified atom stereocenters. The summed E-state index contributed by atoms with van der Waals surface area (Å²) in [6.07, 6.45) is 18.9. The minimum absolute atomic E-state index is 0.222. The highest BCUT2D eigenvalue weighted by Gasteiger charge is 1.96. The van der Waals surface area contributed by atoms with E-state index in [1.165, 1.54) is 51.4 Å². The Morgan fingerprint density at radius 1 is 0.333 bits per heavy atom. The molecule has 0 aromatic carbocycles. The normalized spacial score (nSPS) is 8.93. The van der Waals surface area contributed by atoms with Gasteiger partial charge in [-0.15, -0.1) is 0 Å². The van der Waals surface area contributed by atoms with Gasteiger partial charge in [0.1, 0.15) is 0 Å². The summed E-state index contributed by atoms with van der Waals surface area (Å²) in [5.41, 5.74) is 0. The predicted molar refractivity (Wildman–Crippen MR) is 177 cm³/mol. The summed E-state index contributed by atoms with van der Waals surface area (Å²) in [6, 6.07) is 0. The smallest absolute Gasteiger partial charge is 0.303 e. The van der Waals surface area contributed by atoms with E-state index in [1.54, 1.807) is 6.92 Å². The minimum Gasteiger partial charge on any atom is -0.481 e. The third kappa shape index (κ3) is 118. The molecule has 12 heteroatoms. The first-order chi connectivity index (χ1) is 21.1. The van der Waals surface area contributed by atoms with Gasteiger partial charge in [0.15, 0.2) is 0 Å². The maximum Gasteiger partial charge on any atom is 0.303 e. The summed E-state index contributed by atoms with van der Waals surface area (Å²) in [5.74, 6) is -4.30. The molecule has 0 radical (unpaired) electrons. The Kier molecular flexibility index (Phi) is 60.9. The van der Waals surface area contributed by atoms with Crippen LogP contribution in [-0.2, 0) is 28.8 Å². The lowest BCUT2D eigenvalue weighted by atomic mass is 10.1. The van der Waals surface area contributed by atoms with Gasteiger partial charge in [0.05, 0.1) is 0 Å². The first-order valence-electron chi connectivity index (χ1n) is 16.4. The molecule has 0 atom stereocenters. The van der Waals surface area contributed by atoms with Crippen molar-refractivity contribution in [3.8, 4) is 0 Å². The highest BCUT2D eigenvalue weighted by molar-refractivity contribution is 5.67. The van der Waals surface area contributed by atoms with Crippen LogP contribution in [0.15, 0.2) is 0 Å². The molecule has 0 aromatic rings. The van der Waals surface area contributed by atoms with E-state index < -0.39 is 35.8 Å². The molecular weight excluding hydrogens is 588 g/mol. The van der Waals surface area contributed by atoms with Gasteiger partial charge in [-0.05, 0) is 25.7 Å². The van der Waals surface area contributed by atoms with Gasteiger partial charge in [-0.2, -0.15) is 0 Å². The molecule has 0 aliphatic heterocycles.